The fourth-order valence-electron chi connectivity index (χ4n) is 6.18. The van der Waals surface area contributed by atoms with Crippen molar-refractivity contribution in [3.05, 3.63) is 65.2 Å². The first-order valence-corrected chi connectivity index (χ1v) is 16.9. The van der Waals surface area contributed by atoms with Crippen LogP contribution in [0.5, 0.6) is 0 Å². The van der Waals surface area contributed by atoms with E-state index in [9.17, 15) is 27.7 Å². The van der Waals surface area contributed by atoms with Gasteiger partial charge in [0.05, 0.1) is 16.6 Å². The maximum absolute atomic E-state index is 14.3. The third-order valence-electron chi connectivity index (χ3n) is 8.59. The van der Waals surface area contributed by atoms with Crippen LogP contribution < -0.4 is 10.2 Å². The average Bonchev–Trinajstić information content (AvgIpc) is 3.64. The standard InChI is InChI=1S/C30H30F2N5O6PS/c1-36(21-7-9-22-17(15-21)12-13-33-35-22)29(40)24-10-8-20-4-2-3-5-23(28(39)37(20)24)34-27(38)26-16-18-14-19(6-11-25(18)45-26)30(31,32)44(41,42)43/h6-7,9,11-16,20,23-24H,2-5,8,10H2,1H3,(H,34,38)(H2,41,42,43)/t20-,23?,24-/m0/s1. The summed E-state index contributed by atoms with van der Waals surface area (Å²) in [5.41, 5.74) is -3.89. The summed E-state index contributed by atoms with van der Waals surface area (Å²) in [6, 6.07) is 9.99. The number of halogens is 2. The van der Waals surface area contributed by atoms with Crippen molar-refractivity contribution in [1.29, 1.82) is 0 Å². The van der Waals surface area contributed by atoms with Gasteiger partial charge in [0.2, 0.25) is 11.8 Å². The summed E-state index contributed by atoms with van der Waals surface area (Å²) in [4.78, 5) is 62.7. The normalized spacial score (nSPS) is 21.0. The molecule has 2 aliphatic heterocycles. The summed E-state index contributed by atoms with van der Waals surface area (Å²) in [7, 11) is -4.09. The number of nitrogens with one attached hydrogen (secondary N) is 1. The number of hydrogen-bond donors (Lipinski definition) is 3. The summed E-state index contributed by atoms with van der Waals surface area (Å²) in [5, 5.41) is 11.8. The van der Waals surface area contributed by atoms with E-state index in [1.807, 2.05) is 6.07 Å². The first kappa shape index (κ1) is 31.2. The van der Waals surface area contributed by atoms with Gasteiger partial charge >= 0.3 is 13.3 Å². The molecule has 236 valence electrons. The van der Waals surface area contributed by atoms with Crippen molar-refractivity contribution in [3.8, 4) is 0 Å². The SMILES string of the molecule is CN(C(=O)[C@@H]1CC[C@@H]2CCCCC(NC(=O)c3cc4cc(C(F)(F)P(=O)(O)O)ccc4s3)C(=O)N21)c1ccc2nnccc2c1. The molecule has 4 heterocycles. The molecule has 1 unspecified atom stereocenters. The van der Waals surface area contributed by atoms with Crippen molar-refractivity contribution >= 4 is 63.3 Å². The van der Waals surface area contributed by atoms with Crippen LogP contribution >= 0.6 is 18.9 Å². The van der Waals surface area contributed by atoms with Gasteiger partial charge in [0.25, 0.3) is 5.91 Å². The maximum atomic E-state index is 14.3. The lowest BCUT2D eigenvalue weighted by atomic mass is 9.99. The van der Waals surface area contributed by atoms with Crippen molar-refractivity contribution in [2.45, 2.75) is 62.3 Å². The molecule has 0 saturated carbocycles. The summed E-state index contributed by atoms with van der Waals surface area (Å²) in [6.07, 6.45) is 5.39. The smallest absolute Gasteiger partial charge is 0.340 e. The minimum Gasteiger partial charge on any atom is -0.340 e. The number of hydrogen-bond acceptors (Lipinski definition) is 7. The first-order chi connectivity index (χ1) is 21.3. The Hall–Kier alpha value is -3.84. The first-order valence-electron chi connectivity index (χ1n) is 14.4. The van der Waals surface area contributed by atoms with Crippen LogP contribution in [0.3, 0.4) is 0 Å². The Morgan fingerprint density at radius 2 is 1.82 bits per heavy atom. The quantitative estimate of drug-likeness (QED) is 0.251. The molecule has 0 radical (unpaired) electrons. The van der Waals surface area contributed by atoms with Gasteiger partial charge in [-0.05, 0) is 73.5 Å². The van der Waals surface area contributed by atoms with Gasteiger partial charge in [0.1, 0.15) is 12.1 Å². The Kier molecular flexibility index (Phi) is 8.19. The van der Waals surface area contributed by atoms with E-state index in [4.69, 9.17) is 9.79 Å². The molecule has 4 aromatic rings. The molecule has 2 aliphatic rings. The van der Waals surface area contributed by atoms with Crippen molar-refractivity contribution in [1.82, 2.24) is 20.4 Å². The predicted octanol–water partition coefficient (Wildman–Crippen LogP) is 4.77. The number of benzene rings is 2. The molecule has 0 spiro atoms. The molecule has 2 aromatic heterocycles. The summed E-state index contributed by atoms with van der Waals surface area (Å²) >= 11 is 1.01. The van der Waals surface area contributed by atoms with E-state index < -0.39 is 36.8 Å². The van der Waals surface area contributed by atoms with Gasteiger partial charge in [0.15, 0.2) is 0 Å². The van der Waals surface area contributed by atoms with E-state index in [-0.39, 0.29) is 28.1 Å². The van der Waals surface area contributed by atoms with Crippen LogP contribution in [0.4, 0.5) is 14.5 Å². The molecule has 0 bridgehead atoms. The number of likely N-dealkylation sites (N-methyl/N-ethyl adjacent to an activating group) is 1. The fourth-order valence-corrected chi connectivity index (χ4v) is 7.60. The second-order valence-electron chi connectivity index (χ2n) is 11.4. The number of rotatable bonds is 6. The lowest BCUT2D eigenvalue weighted by Gasteiger charge is -2.36. The number of aromatic nitrogens is 2. The molecule has 15 heteroatoms. The van der Waals surface area contributed by atoms with Crippen LogP contribution in [0, 0.1) is 0 Å². The minimum absolute atomic E-state index is 0.134. The highest BCUT2D eigenvalue weighted by atomic mass is 32.1. The predicted molar refractivity (Wildman–Crippen MR) is 164 cm³/mol. The van der Waals surface area contributed by atoms with Crippen LogP contribution in [0.2, 0.25) is 0 Å². The van der Waals surface area contributed by atoms with Gasteiger partial charge in [-0.25, -0.2) is 0 Å². The van der Waals surface area contributed by atoms with Crippen molar-refractivity contribution in [2.24, 2.45) is 0 Å². The molecule has 2 saturated heterocycles. The summed E-state index contributed by atoms with van der Waals surface area (Å²) in [6.45, 7) is 0. The summed E-state index contributed by atoms with van der Waals surface area (Å²) in [5.74, 6) is -1.14. The lowest BCUT2D eigenvalue weighted by Crippen LogP contribution is -2.56. The lowest BCUT2D eigenvalue weighted by molar-refractivity contribution is -0.141. The average molecular weight is 658 g/mol. The molecule has 6 rings (SSSR count). The van der Waals surface area contributed by atoms with Gasteiger partial charge in [-0.15, -0.1) is 11.3 Å². The van der Waals surface area contributed by atoms with Gasteiger partial charge in [-0.3, -0.25) is 18.9 Å². The van der Waals surface area contributed by atoms with Crippen molar-refractivity contribution in [3.63, 3.8) is 0 Å². The number of anilines is 1. The minimum atomic E-state index is -5.76. The Bertz CT molecular complexity index is 1860. The molecular weight excluding hydrogens is 627 g/mol. The number of fused-ring (bicyclic) bond motifs is 3. The Labute approximate surface area is 260 Å². The largest absolute Gasteiger partial charge is 0.399 e. The highest BCUT2D eigenvalue weighted by molar-refractivity contribution is 7.52. The second-order valence-corrected chi connectivity index (χ2v) is 14.2. The monoisotopic (exact) mass is 657 g/mol. The van der Waals surface area contributed by atoms with Crippen LogP contribution in [0.15, 0.2) is 54.7 Å². The third kappa shape index (κ3) is 5.83. The highest BCUT2D eigenvalue weighted by Crippen LogP contribution is 2.59. The topological polar surface area (TPSA) is 153 Å². The molecule has 3 N–H and O–H groups in total. The molecule has 3 atom stereocenters. The van der Waals surface area contributed by atoms with Crippen LogP contribution in [0.25, 0.3) is 21.0 Å². The van der Waals surface area contributed by atoms with Crippen molar-refractivity contribution < 1.29 is 37.5 Å². The van der Waals surface area contributed by atoms with Crippen LogP contribution in [0.1, 0.15) is 53.8 Å². The maximum Gasteiger partial charge on any atom is 0.399 e. The number of amides is 3. The molecule has 45 heavy (non-hydrogen) atoms. The Morgan fingerprint density at radius 3 is 2.60 bits per heavy atom. The number of carbonyl (C=O) groups excluding carboxylic acids is 3. The molecular formula is C30H30F2N5O6PS. The van der Waals surface area contributed by atoms with E-state index in [1.54, 1.807) is 36.3 Å². The zero-order chi connectivity index (χ0) is 32.1. The van der Waals surface area contributed by atoms with Crippen molar-refractivity contribution in [2.75, 3.05) is 11.9 Å². The van der Waals surface area contributed by atoms with Gasteiger partial charge in [0, 0.05) is 34.4 Å². The van der Waals surface area contributed by atoms with E-state index in [2.05, 4.69) is 15.5 Å². The van der Waals surface area contributed by atoms with E-state index in [0.717, 1.165) is 41.7 Å². The number of carbonyl (C=O) groups is 3. The van der Waals surface area contributed by atoms with E-state index in [0.29, 0.717) is 41.6 Å². The zero-order valence-electron chi connectivity index (χ0n) is 24.1. The molecule has 0 aliphatic carbocycles. The Morgan fingerprint density at radius 1 is 1.04 bits per heavy atom. The molecule has 3 amide bonds. The third-order valence-corrected chi connectivity index (χ3v) is 10.7. The molecule has 11 nitrogen and oxygen atoms in total. The fraction of sp³-hybridized carbons (Fsp3) is 0.367. The summed E-state index contributed by atoms with van der Waals surface area (Å²) < 4.78 is 40.3. The zero-order valence-corrected chi connectivity index (χ0v) is 25.8. The number of thiophene rings is 1. The second kappa shape index (κ2) is 11.8. The van der Waals surface area contributed by atoms with Gasteiger partial charge in [-0.1, -0.05) is 18.9 Å². The number of nitrogens with zero attached hydrogens (tertiary/aromatic N) is 4. The number of alkyl halides is 2. The van der Waals surface area contributed by atoms with Gasteiger partial charge in [-0.2, -0.15) is 19.0 Å². The molecule has 2 fully saturated rings. The molecule has 2 aromatic carbocycles. The van der Waals surface area contributed by atoms with Crippen LogP contribution in [-0.2, 0) is 19.8 Å². The van der Waals surface area contributed by atoms with E-state index in [1.165, 1.54) is 17.0 Å². The van der Waals surface area contributed by atoms with Crippen LogP contribution in [-0.4, -0.2) is 67.8 Å². The Balaban J connectivity index is 1.21. The van der Waals surface area contributed by atoms with E-state index >= 15 is 0 Å². The highest BCUT2D eigenvalue weighted by Gasteiger charge is 2.50. The van der Waals surface area contributed by atoms with Gasteiger partial charge < -0.3 is 24.9 Å².